The highest BCUT2D eigenvalue weighted by Gasteiger charge is 2.22. The molecule has 1 amide bonds. The molecular formula is C18H29N7O. The van der Waals surface area contributed by atoms with Crippen LogP contribution in [0.25, 0.3) is 5.65 Å². The Hall–Kier alpha value is -2.22. The highest BCUT2D eigenvalue weighted by atomic mass is 16.2. The fourth-order valence-corrected chi connectivity index (χ4v) is 3.51. The summed E-state index contributed by atoms with van der Waals surface area (Å²) >= 11 is 0. The number of aromatic nitrogens is 4. The van der Waals surface area contributed by atoms with Gasteiger partial charge in [-0.1, -0.05) is 6.92 Å². The number of nitrogens with one attached hydrogen (secondary N) is 1. The van der Waals surface area contributed by atoms with Crippen molar-refractivity contribution < 1.29 is 4.79 Å². The summed E-state index contributed by atoms with van der Waals surface area (Å²) in [5, 5.41) is 11.0. The lowest BCUT2D eigenvalue weighted by atomic mass is 10.0. The van der Waals surface area contributed by atoms with E-state index in [1.807, 2.05) is 18.9 Å². The summed E-state index contributed by atoms with van der Waals surface area (Å²) in [5.41, 5.74) is 0.647. The zero-order chi connectivity index (χ0) is 18.5. The second-order valence-corrected chi connectivity index (χ2v) is 7.29. The van der Waals surface area contributed by atoms with E-state index in [0.29, 0.717) is 18.0 Å². The van der Waals surface area contributed by atoms with E-state index in [0.717, 1.165) is 18.9 Å². The van der Waals surface area contributed by atoms with E-state index < -0.39 is 0 Å². The Morgan fingerprint density at radius 3 is 3.15 bits per heavy atom. The molecule has 142 valence electrons. The summed E-state index contributed by atoms with van der Waals surface area (Å²) < 4.78 is 1.79. The minimum Gasteiger partial charge on any atom is -0.354 e. The zero-order valence-corrected chi connectivity index (χ0v) is 15.9. The van der Waals surface area contributed by atoms with Crippen LogP contribution in [0.3, 0.4) is 0 Å². The largest absolute Gasteiger partial charge is 0.354 e. The highest BCUT2D eigenvalue weighted by Crippen LogP contribution is 2.17. The molecule has 8 nitrogen and oxygen atoms in total. The van der Waals surface area contributed by atoms with Crippen molar-refractivity contribution in [1.29, 1.82) is 0 Å². The first kappa shape index (κ1) is 18.6. The van der Waals surface area contributed by atoms with Gasteiger partial charge in [-0.25, -0.2) is 4.98 Å². The maximum atomic E-state index is 12.5. The lowest BCUT2D eigenvalue weighted by Crippen LogP contribution is -2.44. The lowest BCUT2D eigenvalue weighted by Gasteiger charge is -2.30. The number of likely N-dealkylation sites (tertiary alicyclic amines) is 1. The van der Waals surface area contributed by atoms with Gasteiger partial charge in [-0.05, 0) is 45.2 Å². The second kappa shape index (κ2) is 8.44. The molecule has 2 aromatic heterocycles. The normalized spacial score (nSPS) is 19.4. The predicted octanol–water partition coefficient (Wildman–Crippen LogP) is 1.19. The molecule has 2 aromatic rings. The van der Waals surface area contributed by atoms with Crippen LogP contribution in [-0.4, -0.2) is 69.7 Å². The van der Waals surface area contributed by atoms with Crippen LogP contribution in [-0.2, 0) is 4.79 Å². The first-order valence-corrected chi connectivity index (χ1v) is 9.43. The third-order valence-corrected chi connectivity index (χ3v) is 5.18. The third kappa shape index (κ3) is 4.30. The molecule has 3 heterocycles. The summed E-state index contributed by atoms with van der Waals surface area (Å²) in [5.74, 6) is 1.44. The summed E-state index contributed by atoms with van der Waals surface area (Å²) in [7, 11) is 1.86. The van der Waals surface area contributed by atoms with Gasteiger partial charge in [0.25, 0.3) is 0 Å². The molecule has 26 heavy (non-hydrogen) atoms. The van der Waals surface area contributed by atoms with Gasteiger partial charge >= 0.3 is 0 Å². The van der Waals surface area contributed by atoms with Gasteiger partial charge in [0.05, 0.1) is 0 Å². The molecule has 0 unspecified atom stereocenters. The standard InChI is InChI=1S/C18H29N7O/c1-14-6-4-9-24(12-14)10-5-7-20-18(26)15(2)23(3)16-17-22-21-13-25(17)11-8-19-16/h8,11,13-15H,4-7,9-10,12H2,1-3H3,(H,20,26)/t14-,15-/m1/s1. The van der Waals surface area contributed by atoms with Crippen LogP contribution in [0.1, 0.15) is 33.1 Å². The third-order valence-electron chi connectivity index (χ3n) is 5.18. The average Bonchev–Trinajstić information content (AvgIpc) is 3.12. The number of hydrogen-bond donors (Lipinski definition) is 1. The maximum Gasteiger partial charge on any atom is 0.242 e. The minimum atomic E-state index is -0.333. The Bertz CT molecular complexity index is 731. The van der Waals surface area contributed by atoms with E-state index in [2.05, 4.69) is 32.3 Å². The van der Waals surface area contributed by atoms with Crippen LogP contribution in [0.5, 0.6) is 0 Å². The summed E-state index contributed by atoms with van der Waals surface area (Å²) in [6, 6.07) is -0.333. The van der Waals surface area contributed by atoms with Crippen molar-refractivity contribution in [3.63, 3.8) is 0 Å². The van der Waals surface area contributed by atoms with Crippen LogP contribution in [0.4, 0.5) is 5.82 Å². The van der Waals surface area contributed by atoms with Crippen molar-refractivity contribution in [3.05, 3.63) is 18.7 Å². The predicted molar refractivity (Wildman–Crippen MR) is 101 cm³/mol. The number of likely N-dealkylation sites (N-methyl/N-ethyl adjacent to an activating group) is 1. The number of piperidine rings is 1. The number of fused-ring (bicyclic) bond motifs is 1. The Morgan fingerprint density at radius 2 is 2.35 bits per heavy atom. The van der Waals surface area contributed by atoms with Crippen LogP contribution >= 0.6 is 0 Å². The van der Waals surface area contributed by atoms with Gasteiger partial charge in [-0.15, -0.1) is 10.2 Å². The molecule has 0 aromatic carbocycles. The molecule has 0 bridgehead atoms. The average molecular weight is 359 g/mol. The van der Waals surface area contributed by atoms with Crippen molar-refractivity contribution in [2.45, 2.75) is 39.2 Å². The number of carbonyl (C=O) groups is 1. The van der Waals surface area contributed by atoms with E-state index in [1.54, 1.807) is 23.1 Å². The number of nitrogens with zero attached hydrogens (tertiary/aromatic N) is 6. The molecule has 1 aliphatic heterocycles. The molecular weight excluding hydrogens is 330 g/mol. The Balaban J connectivity index is 1.47. The zero-order valence-electron chi connectivity index (χ0n) is 15.9. The van der Waals surface area contributed by atoms with Gasteiger partial charge in [-0.3, -0.25) is 9.20 Å². The topological polar surface area (TPSA) is 78.7 Å². The number of hydrogen-bond acceptors (Lipinski definition) is 6. The monoisotopic (exact) mass is 359 g/mol. The fraction of sp³-hybridized carbons (Fsp3) is 0.667. The molecule has 3 rings (SSSR count). The molecule has 8 heteroatoms. The summed E-state index contributed by atoms with van der Waals surface area (Å²) in [6.45, 7) is 8.31. The molecule has 1 fully saturated rings. The van der Waals surface area contributed by atoms with Gasteiger partial charge in [0.15, 0.2) is 5.82 Å². The second-order valence-electron chi connectivity index (χ2n) is 7.29. The smallest absolute Gasteiger partial charge is 0.242 e. The van der Waals surface area contributed by atoms with Crippen molar-refractivity contribution in [2.75, 3.05) is 38.1 Å². The van der Waals surface area contributed by atoms with Crippen molar-refractivity contribution in [1.82, 2.24) is 29.8 Å². The van der Waals surface area contributed by atoms with Gasteiger partial charge in [0.2, 0.25) is 11.6 Å². The van der Waals surface area contributed by atoms with Crippen molar-refractivity contribution >= 4 is 17.4 Å². The van der Waals surface area contributed by atoms with E-state index >= 15 is 0 Å². The summed E-state index contributed by atoms with van der Waals surface area (Å²) in [6.07, 6.45) is 8.71. The maximum absolute atomic E-state index is 12.5. The molecule has 0 spiro atoms. The minimum absolute atomic E-state index is 0.00262. The van der Waals surface area contributed by atoms with Gasteiger partial charge in [0.1, 0.15) is 12.4 Å². The number of amides is 1. The SMILES string of the molecule is C[C@@H]1CCCN(CCCNC(=O)[C@@H](C)N(C)c2nccn3cnnc23)C1. The van der Waals surface area contributed by atoms with Crippen molar-refractivity contribution in [3.8, 4) is 0 Å². The molecule has 0 saturated carbocycles. The molecule has 0 aliphatic carbocycles. The molecule has 1 N–H and O–H groups in total. The molecule has 0 radical (unpaired) electrons. The van der Waals surface area contributed by atoms with Crippen LogP contribution in [0, 0.1) is 5.92 Å². The molecule has 1 saturated heterocycles. The molecule has 1 aliphatic rings. The Labute approximate surface area is 154 Å². The van der Waals surface area contributed by atoms with Gasteiger partial charge in [-0.2, -0.15) is 0 Å². The van der Waals surface area contributed by atoms with E-state index in [4.69, 9.17) is 0 Å². The van der Waals surface area contributed by atoms with E-state index in [1.165, 1.54) is 25.9 Å². The number of carbonyl (C=O) groups excluding carboxylic acids is 1. The van der Waals surface area contributed by atoms with E-state index in [9.17, 15) is 4.79 Å². The van der Waals surface area contributed by atoms with Crippen LogP contribution in [0.15, 0.2) is 18.7 Å². The highest BCUT2D eigenvalue weighted by molar-refractivity contribution is 5.85. The van der Waals surface area contributed by atoms with Crippen molar-refractivity contribution in [2.24, 2.45) is 5.92 Å². The Morgan fingerprint density at radius 1 is 1.50 bits per heavy atom. The van der Waals surface area contributed by atoms with Gasteiger partial charge in [0, 0.05) is 32.5 Å². The number of anilines is 1. The van der Waals surface area contributed by atoms with Gasteiger partial charge < -0.3 is 15.1 Å². The first-order valence-electron chi connectivity index (χ1n) is 9.43. The number of rotatable bonds is 7. The van der Waals surface area contributed by atoms with Crippen LogP contribution < -0.4 is 10.2 Å². The fourth-order valence-electron chi connectivity index (χ4n) is 3.51. The lowest BCUT2D eigenvalue weighted by molar-refractivity contribution is -0.122. The quantitative estimate of drug-likeness (QED) is 0.748. The Kier molecular flexibility index (Phi) is 6.03. The molecule has 2 atom stereocenters. The van der Waals surface area contributed by atoms with E-state index in [-0.39, 0.29) is 11.9 Å². The summed E-state index contributed by atoms with van der Waals surface area (Å²) in [4.78, 5) is 21.2. The first-order chi connectivity index (χ1) is 12.6. The van der Waals surface area contributed by atoms with Crippen LogP contribution in [0.2, 0.25) is 0 Å².